The molecule has 0 aliphatic heterocycles. The number of halogens is 1. The smallest absolute Gasteiger partial charge is 0.133 e. The van der Waals surface area contributed by atoms with E-state index in [1.807, 2.05) is 36.4 Å². The number of hydrogen-bond acceptors (Lipinski definition) is 2. The summed E-state index contributed by atoms with van der Waals surface area (Å²) in [4.78, 5) is 4.09. The molecule has 0 aliphatic carbocycles. The fourth-order valence-electron chi connectivity index (χ4n) is 1.49. The van der Waals surface area contributed by atoms with Gasteiger partial charge in [0.1, 0.15) is 5.15 Å². The maximum atomic E-state index is 8.67. The van der Waals surface area contributed by atoms with E-state index < -0.39 is 0 Å². The number of pyridine rings is 1. The molecule has 0 bridgehead atoms. The second-order valence-electron chi connectivity index (χ2n) is 3.37. The van der Waals surface area contributed by atoms with Crippen LogP contribution < -0.4 is 0 Å². The van der Waals surface area contributed by atoms with Gasteiger partial charge in [-0.2, -0.15) is 5.26 Å². The lowest BCUT2D eigenvalue weighted by Crippen LogP contribution is -1.89. The standard InChI is InChI=1S/C13H9ClN2/c14-13-11(6-7-15)8-12(9-16-13)10-4-2-1-3-5-10/h1-5,8-9H,6H2. The van der Waals surface area contributed by atoms with E-state index in [0.717, 1.165) is 16.7 Å². The Balaban J connectivity index is 2.45. The fourth-order valence-corrected chi connectivity index (χ4v) is 1.66. The second kappa shape index (κ2) is 4.78. The first-order chi connectivity index (χ1) is 7.81. The zero-order chi connectivity index (χ0) is 11.4. The van der Waals surface area contributed by atoms with Crippen molar-refractivity contribution in [2.45, 2.75) is 6.42 Å². The predicted octanol–water partition coefficient (Wildman–Crippen LogP) is 3.47. The summed E-state index contributed by atoms with van der Waals surface area (Å²) in [6, 6.07) is 13.9. The van der Waals surface area contributed by atoms with Crippen LogP contribution in [0.25, 0.3) is 11.1 Å². The molecule has 0 aliphatic rings. The largest absolute Gasteiger partial charge is 0.244 e. The van der Waals surface area contributed by atoms with Gasteiger partial charge in [-0.15, -0.1) is 0 Å². The number of hydrogen-bond donors (Lipinski definition) is 0. The molecule has 1 aromatic carbocycles. The molecule has 78 valence electrons. The highest BCUT2D eigenvalue weighted by Gasteiger charge is 2.04. The maximum absolute atomic E-state index is 8.67. The molecule has 2 aromatic rings. The average Bonchev–Trinajstić information content (AvgIpc) is 2.33. The molecule has 0 spiro atoms. The first-order valence-electron chi connectivity index (χ1n) is 4.88. The van der Waals surface area contributed by atoms with E-state index in [-0.39, 0.29) is 6.42 Å². The molecule has 0 amide bonds. The molecule has 1 heterocycles. The van der Waals surface area contributed by atoms with Crippen LogP contribution in [0.15, 0.2) is 42.6 Å². The van der Waals surface area contributed by atoms with E-state index in [9.17, 15) is 0 Å². The van der Waals surface area contributed by atoms with Gasteiger partial charge in [0.25, 0.3) is 0 Å². The lowest BCUT2D eigenvalue weighted by molar-refractivity contribution is 1.19. The van der Waals surface area contributed by atoms with Crippen LogP contribution in [0.5, 0.6) is 0 Å². The van der Waals surface area contributed by atoms with Crippen molar-refractivity contribution >= 4 is 11.6 Å². The van der Waals surface area contributed by atoms with Crippen LogP contribution in [0, 0.1) is 11.3 Å². The quantitative estimate of drug-likeness (QED) is 0.738. The van der Waals surface area contributed by atoms with Crippen molar-refractivity contribution < 1.29 is 0 Å². The van der Waals surface area contributed by atoms with Gasteiger partial charge in [-0.25, -0.2) is 4.98 Å². The van der Waals surface area contributed by atoms with Gasteiger partial charge in [0.15, 0.2) is 0 Å². The normalized spacial score (nSPS) is 9.75. The van der Waals surface area contributed by atoms with Crippen LogP contribution >= 0.6 is 11.6 Å². The Labute approximate surface area is 99.1 Å². The fraction of sp³-hybridized carbons (Fsp3) is 0.0769. The number of benzene rings is 1. The maximum Gasteiger partial charge on any atom is 0.133 e. The molecule has 0 atom stereocenters. The molecule has 0 saturated carbocycles. The Hall–Kier alpha value is -1.85. The van der Waals surface area contributed by atoms with Gasteiger partial charge >= 0.3 is 0 Å². The van der Waals surface area contributed by atoms with Crippen LogP contribution in [0.3, 0.4) is 0 Å². The van der Waals surface area contributed by atoms with Crippen molar-refractivity contribution in [3.05, 3.63) is 53.3 Å². The zero-order valence-electron chi connectivity index (χ0n) is 8.52. The minimum Gasteiger partial charge on any atom is -0.244 e. The first kappa shape index (κ1) is 10.7. The van der Waals surface area contributed by atoms with Crippen LogP contribution in [0.1, 0.15) is 5.56 Å². The summed E-state index contributed by atoms with van der Waals surface area (Å²) in [7, 11) is 0. The molecule has 16 heavy (non-hydrogen) atoms. The molecule has 2 rings (SSSR count). The third-order valence-corrected chi connectivity index (χ3v) is 2.63. The zero-order valence-corrected chi connectivity index (χ0v) is 9.28. The average molecular weight is 229 g/mol. The van der Waals surface area contributed by atoms with Gasteiger partial charge in [0.05, 0.1) is 12.5 Å². The molecule has 0 fully saturated rings. The van der Waals surface area contributed by atoms with Crippen molar-refractivity contribution in [3.8, 4) is 17.2 Å². The summed E-state index contributed by atoms with van der Waals surface area (Å²) < 4.78 is 0. The van der Waals surface area contributed by atoms with Gasteiger partial charge in [0, 0.05) is 17.3 Å². The first-order valence-corrected chi connectivity index (χ1v) is 5.26. The summed E-state index contributed by atoms with van der Waals surface area (Å²) in [5.41, 5.74) is 2.83. The molecule has 3 heteroatoms. The highest BCUT2D eigenvalue weighted by Crippen LogP contribution is 2.23. The Morgan fingerprint density at radius 1 is 1.19 bits per heavy atom. The van der Waals surface area contributed by atoms with Crippen molar-refractivity contribution in [1.29, 1.82) is 5.26 Å². The predicted molar refractivity (Wildman–Crippen MR) is 64.0 cm³/mol. The third kappa shape index (κ3) is 2.21. The van der Waals surface area contributed by atoms with E-state index in [4.69, 9.17) is 16.9 Å². The molecule has 1 aromatic heterocycles. The summed E-state index contributed by atoms with van der Waals surface area (Å²) >= 11 is 5.90. The van der Waals surface area contributed by atoms with E-state index in [2.05, 4.69) is 11.1 Å². The Kier molecular flexibility index (Phi) is 3.19. The number of nitrogens with zero attached hydrogens (tertiary/aromatic N) is 2. The highest BCUT2D eigenvalue weighted by molar-refractivity contribution is 6.30. The summed E-state index contributed by atoms with van der Waals surface area (Å²) in [5, 5.41) is 9.07. The lowest BCUT2D eigenvalue weighted by atomic mass is 10.1. The van der Waals surface area contributed by atoms with Crippen LogP contribution in [-0.4, -0.2) is 4.98 Å². The van der Waals surface area contributed by atoms with Crippen molar-refractivity contribution in [2.75, 3.05) is 0 Å². The van der Waals surface area contributed by atoms with Crippen molar-refractivity contribution in [3.63, 3.8) is 0 Å². The van der Waals surface area contributed by atoms with Crippen molar-refractivity contribution in [2.24, 2.45) is 0 Å². The third-order valence-electron chi connectivity index (χ3n) is 2.29. The minimum absolute atomic E-state index is 0.284. The van der Waals surface area contributed by atoms with E-state index in [1.165, 1.54) is 0 Å². The summed E-state index contributed by atoms with van der Waals surface area (Å²) in [6.07, 6.45) is 2.01. The van der Waals surface area contributed by atoms with E-state index in [1.54, 1.807) is 6.20 Å². The SMILES string of the molecule is N#CCc1cc(-c2ccccc2)cnc1Cl. The summed E-state index contributed by atoms with van der Waals surface area (Å²) in [5.74, 6) is 0. The van der Waals surface area contributed by atoms with Crippen LogP contribution in [-0.2, 0) is 6.42 Å². The molecular weight excluding hydrogens is 220 g/mol. The van der Waals surface area contributed by atoms with Gasteiger partial charge in [-0.3, -0.25) is 0 Å². The monoisotopic (exact) mass is 228 g/mol. The van der Waals surface area contributed by atoms with Crippen LogP contribution in [0.4, 0.5) is 0 Å². The molecule has 0 saturated heterocycles. The van der Waals surface area contributed by atoms with E-state index in [0.29, 0.717) is 5.15 Å². The van der Waals surface area contributed by atoms with Gasteiger partial charge < -0.3 is 0 Å². The van der Waals surface area contributed by atoms with Crippen molar-refractivity contribution in [1.82, 2.24) is 4.98 Å². The number of aromatic nitrogens is 1. The minimum atomic E-state index is 0.284. The van der Waals surface area contributed by atoms with Gasteiger partial charge in [-0.05, 0) is 11.6 Å². The molecular formula is C13H9ClN2. The molecule has 0 N–H and O–H groups in total. The number of rotatable bonds is 2. The topological polar surface area (TPSA) is 36.7 Å². The molecule has 2 nitrogen and oxygen atoms in total. The summed E-state index contributed by atoms with van der Waals surface area (Å²) in [6.45, 7) is 0. The Morgan fingerprint density at radius 3 is 2.62 bits per heavy atom. The second-order valence-corrected chi connectivity index (χ2v) is 3.73. The van der Waals surface area contributed by atoms with Crippen LogP contribution in [0.2, 0.25) is 5.15 Å². The molecule has 0 radical (unpaired) electrons. The molecule has 0 unspecified atom stereocenters. The van der Waals surface area contributed by atoms with E-state index >= 15 is 0 Å². The Bertz CT molecular complexity index is 529. The highest BCUT2D eigenvalue weighted by atomic mass is 35.5. The number of nitriles is 1. The Morgan fingerprint density at radius 2 is 1.94 bits per heavy atom. The lowest BCUT2D eigenvalue weighted by Gasteiger charge is -2.04. The van der Waals surface area contributed by atoms with Gasteiger partial charge in [0.2, 0.25) is 0 Å². The van der Waals surface area contributed by atoms with Gasteiger partial charge in [-0.1, -0.05) is 41.9 Å².